The third kappa shape index (κ3) is 4.43. The van der Waals surface area contributed by atoms with Crippen LogP contribution in [0.5, 0.6) is 11.5 Å². The van der Waals surface area contributed by atoms with Gasteiger partial charge in [0.15, 0.2) is 18.1 Å². The summed E-state index contributed by atoms with van der Waals surface area (Å²) in [4.78, 5) is 13.6. The first-order valence-electron chi connectivity index (χ1n) is 8.32. The van der Waals surface area contributed by atoms with Crippen molar-refractivity contribution in [1.29, 1.82) is 0 Å². The summed E-state index contributed by atoms with van der Waals surface area (Å²) in [5, 5.41) is 5.08. The Bertz CT molecular complexity index is 844. The van der Waals surface area contributed by atoms with Crippen LogP contribution in [-0.4, -0.2) is 19.6 Å². The molecule has 1 heterocycles. The van der Waals surface area contributed by atoms with Crippen LogP contribution in [0.4, 0.5) is 0 Å². The number of hydrogen-bond acceptors (Lipinski definition) is 4. The first-order valence-corrected chi connectivity index (χ1v) is 9.20. The lowest BCUT2D eigenvalue weighted by Crippen LogP contribution is -2.33. The summed E-state index contributed by atoms with van der Waals surface area (Å²) in [6, 6.07) is 19.3. The highest BCUT2D eigenvalue weighted by Crippen LogP contribution is 2.27. The summed E-state index contributed by atoms with van der Waals surface area (Å²) in [5.41, 5.74) is 2.23. The van der Waals surface area contributed by atoms with E-state index in [1.54, 1.807) is 30.6 Å². The fourth-order valence-electron chi connectivity index (χ4n) is 2.62. The number of amides is 1. The van der Waals surface area contributed by atoms with Gasteiger partial charge in [0, 0.05) is 4.88 Å². The molecule has 0 saturated carbocycles. The molecule has 0 saturated heterocycles. The molecule has 0 aliphatic rings. The molecule has 2 aromatic carbocycles. The standard InChI is InChI=1S/C21H21NO3S/c1-15-9-11-16(12-10-15)21(19-8-5-13-26-19)22-20(23)14-25-18-7-4-3-6-17(18)24-2/h3-13,21H,14H2,1-2H3,(H,22,23)/t21-/m1/s1. The van der Waals surface area contributed by atoms with Crippen LogP contribution in [0.1, 0.15) is 22.0 Å². The first-order chi connectivity index (χ1) is 12.7. The maximum atomic E-state index is 12.5. The molecule has 1 aromatic heterocycles. The van der Waals surface area contributed by atoms with E-state index in [9.17, 15) is 4.79 Å². The third-order valence-electron chi connectivity index (χ3n) is 3.97. The molecule has 3 aromatic rings. The molecule has 1 amide bonds. The van der Waals surface area contributed by atoms with Crippen LogP contribution in [0.2, 0.25) is 0 Å². The van der Waals surface area contributed by atoms with E-state index in [0.717, 1.165) is 10.4 Å². The van der Waals surface area contributed by atoms with Gasteiger partial charge in [-0.25, -0.2) is 0 Å². The van der Waals surface area contributed by atoms with Crippen molar-refractivity contribution in [1.82, 2.24) is 5.32 Å². The van der Waals surface area contributed by atoms with Gasteiger partial charge in [-0.05, 0) is 36.1 Å². The van der Waals surface area contributed by atoms with E-state index >= 15 is 0 Å². The highest BCUT2D eigenvalue weighted by molar-refractivity contribution is 7.10. The van der Waals surface area contributed by atoms with Gasteiger partial charge >= 0.3 is 0 Å². The monoisotopic (exact) mass is 367 g/mol. The number of carbonyl (C=O) groups excluding carboxylic acids is 1. The maximum absolute atomic E-state index is 12.5. The molecule has 0 aliphatic heterocycles. The number of aryl methyl sites for hydroxylation is 1. The number of rotatable bonds is 7. The van der Waals surface area contributed by atoms with E-state index < -0.39 is 0 Å². The Balaban J connectivity index is 1.70. The van der Waals surface area contributed by atoms with Crippen molar-refractivity contribution >= 4 is 17.2 Å². The van der Waals surface area contributed by atoms with Gasteiger partial charge in [0.2, 0.25) is 0 Å². The lowest BCUT2D eigenvalue weighted by molar-refractivity contribution is -0.123. The second kappa shape index (κ2) is 8.54. The quantitative estimate of drug-likeness (QED) is 0.675. The molecular formula is C21H21NO3S. The van der Waals surface area contributed by atoms with Crippen molar-refractivity contribution in [2.45, 2.75) is 13.0 Å². The van der Waals surface area contributed by atoms with Crippen LogP contribution < -0.4 is 14.8 Å². The maximum Gasteiger partial charge on any atom is 0.258 e. The zero-order valence-corrected chi connectivity index (χ0v) is 15.6. The van der Waals surface area contributed by atoms with Gasteiger partial charge in [-0.15, -0.1) is 11.3 Å². The van der Waals surface area contributed by atoms with E-state index in [1.807, 2.05) is 60.8 Å². The summed E-state index contributed by atoms with van der Waals surface area (Å²) in [6.07, 6.45) is 0. The lowest BCUT2D eigenvalue weighted by Gasteiger charge is -2.19. The van der Waals surface area contributed by atoms with E-state index in [1.165, 1.54) is 5.56 Å². The smallest absolute Gasteiger partial charge is 0.258 e. The third-order valence-corrected chi connectivity index (χ3v) is 4.91. The SMILES string of the molecule is COc1ccccc1OCC(=O)N[C@H](c1ccc(C)cc1)c1cccs1. The molecular weight excluding hydrogens is 346 g/mol. The molecule has 0 bridgehead atoms. The summed E-state index contributed by atoms with van der Waals surface area (Å²) in [6.45, 7) is 1.97. The molecule has 4 nitrogen and oxygen atoms in total. The largest absolute Gasteiger partial charge is 0.493 e. The Kier molecular flexibility index (Phi) is 5.92. The molecule has 26 heavy (non-hydrogen) atoms. The number of para-hydroxylation sites is 2. The van der Waals surface area contributed by atoms with Crippen molar-refractivity contribution < 1.29 is 14.3 Å². The zero-order valence-electron chi connectivity index (χ0n) is 14.8. The Morgan fingerprint density at radius 2 is 1.77 bits per heavy atom. The number of benzene rings is 2. The van der Waals surface area contributed by atoms with E-state index in [2.05, 4.69) is 5.32 Å². The van der Waals surface area contributed by atoms with Gasteiger partial charge < -0.3 is 14.8 Å². The van der Waals surface area contributed by atoms with Crippen molar-refractivity contribution in [3.8, 4) is 11.5 Å². The van der Waals surface area contributed by atoms with E-state index in [4.69, 9.17) is 9.47 Å². The summed E-state index contributed by atoms with van der Waals surface area (Å²) < 4.78 is 10.9. The molecule has 1 N–H and O–H groups in total. The molecule has 1 atom stereocenters. The Morgan fingerprint density at radius 3 is 2.42 bits per heavy atom. The van der Waals surface area contributed by atoms with Crippen LogP contribution in [0.3, 0.4) is 0 Å². The highest BCUT2D eigenvalue weighted by atomic mass is 32.1. The van der Waals surface area contributed by atoms with Crippen LogP contribution in [0, 0.1) is 6.92 Å². The number of ether oxygens (including phenoxy) is 2. The van der Waals surface area contributed by atoms with Crippen LogP contribution in [-0.2, 0) is 4.79 Å². The number of thiophene rings is 1. The highest BCUT2D eigenvalue weighted by Gasteiger charge is 2.18. The molecule has 5 heteroatoms. The number of hydrogen-bond donors (Lipinski definition) is 1. The minimum Gasteiger partial charge on any atom is -0.493 e. The molecule has 0 fully saturated rings. The van der Waals surface area contributed by atoms with E-state index in [-0.39, 0.29) is 18.6 Å². The normalized spacial score (nSPS) is 11.6. The summed E-state index contributed by atoms with van der Waals surface area (Å²) >= 11 is 1.62. The summed E-state index contributed by atoms with van der Waals surface area (Å²) in [7, 11) is 1.58. The number of carbonyl (C=O) groups is 1. The second-order valence-corrected chi connectivity index (χ2v) is 6.85. The van der Waals surface area contributed by atoms with Gasteiger partial charge in [-0.3, -0.25) is 4.79 Å². The average Bonchev–Trinajstić information content (AvgIpc) is 3.20. The van der Waals surface area contributed by atoms with Gasteiger partial charge in [-0.2, -0.15) is 0 Å². The fraction of sp³-hybridized carbons (Fsp3) is 0.190. The predicted molar refractivity (Wildman–Crippen MR) is 104 cm³/mol. The van der Waals surface area contributed by atoms with Crippen molar-refractivity contribution in [3.05, 3.63) is 82.0 Å². The van der Waals surface area contributed by atoms with Crippen molar-refractivity contribution in [3.63, 3.8) is 0 Å². The van der Waals surface area contributed by atoms with Gasteiger partial charge in [-0.1, -0.05) is 48.0 Å². The number of methoxy groups -OCH3 is 1. The molecule has 0 radical (unpaired) electrons. The molecule has 0 spiro atoms. The Morgan fingerprint density at radius 1 is 1.04 bits per heavy atom. The van der Waals surface area contributed by atoms with Crippen molar-refractivity contribution in [2.24, 2.45) is 0 Å². The topological polar surface area (TPSA) is 47.6 Å². The summed E-state index contributed by atoms with van der Waals surface area (Å²) in [5.74, 6) is 0.969. The van der Waals surface area contributed by atoms with Crippen LogP contribution >= 0.6 is 11.3 Å². The molecule has 0 unspecified atom stereocenters. The van der Waals surface area contributed by atoms with E-state index in [0.29, 0.717) is 11.5 Å². The zero-order chi connectivity index (χ0) is 18.4. The number of nitrogens with one attached hydrogen (secondary N) is 1. The Labute approximate surface area is 157 Å². The van der Waals surface area contributed by atoms with Crippen LogP contribution in [0.15, 0.2) is 66.0 Å². The average molecular weight is 367 g/mol. The fourth-order valence-corrected chi connectivity index (χ4v) is 3.42. The second-order valence-electron chi connectivity index (χ2n) is 5.87. The molecule has 3 rings (SSSR count). The van der Waals surface area contributed by atoms with Gasteiger partial charge in [0.05, 0.1) is 13.2 Å². The van der Waals surface area contributed by atoms with Gasteiger partial charge in [0.1, 0.15) is 0 Å². The Hall–Kier alpha value is -2.79. The van der Waals surface area contributed by atoms with Gasteiger partial charge in [0.25, 0.3) is 5.91 Å². The molecule has 134 valence electrons. The lowest BCUT2D eigenvalue weighted by atomic mass is 10.0. The minimum atomic E-state index is -0.190. The van der Waals surface area contributed by atoms with Crippen LogP contribution in [0.25, 0.3) is 0 Å². The predicted octanol–water partition coefficient (Wildman–Crippen LogP) is 4.35. The minimum absolute atomic E-state index is 0.0753. The first kappa shape index (κ1) is 18.0. The van der Waals surface area contributed by atoms with Crippen molar-refractivity contribution in [2.75, 3.05) is 13.7 Å². The molecule has 0 aliphatic carbocycles.